The Labute approximate surface area is 161 Å². The Morgan fingerprint density at radius 1 is 0.931 bits per heavy atom. The quantitative estimate of drug-likeness (QED) is 0.467. The topological polar surface area (TPSA) is 48.0 Å². The van der Waals surface area contributed by atoms with Crippen molar-refractivity contribution in [3.05, 3.63) is 82.9 Å². The van der Waals surface area contributed by atoms with E-state index in [4.69, 9.17) is 5.73 Å². The number of nitrogens with two attached hydrogens (primary N) is 1. The van der Waals surface area contributed by atoms with Crippen LogP contribution >= 0.6 is 0 Å². The Bertz CT molecular complexity index is 1250. The molecule has 8 heteroatoms. The van der Waals surface area contributed by atoms with Gasteiger partial charge in [-0.25, -0.2) is 8.78 Å². The van der Waals surface area contributed by atoms with Crippen LogP contribution in [0.25, 0.3) is 21.8 Å². The summed E-state index contributed by atoms with van der Waals surface area (Å²) in [5.41, 5.74) is 4.77. The van der Waals surface area contributed by atoms with Gasteiger partial charge in [0.15, 0.2) is 0 Å². The van der Waals surface area contributed by atoms with Crippen molar-refractivity contribution in [1.82, 2.24) is 4.57 Å². The van der Waals surface area contributed by atoms with Crippen LogP contribution in [0.1, 0.15) is 21.5 Å². The van der Waals surface area contributed by atoms with Gasteiger partial charge in [0.1, 0.15) is 11.6 Å². The van der Waals surface area contributed by atoms with Crippen molar-refractivity contribution >= 4 is 27.7 Å². The number of fused-ring (bicyclic) bond motifs is 3. The third kappa shape index (κ3) is 3.10. The van der Waals surface area contributed by atoms with Crippen LogP contribution in [0.5, 0.6) is 0 Å². The summed E-state index contributed by atoms with van der Waals surface area (Å²) in [5.74, 6) is -2.40. The van der Waals surface area contributed by atoms with E-state index in [1.165, 1.54) is 28.8 Å². The number of hydrogen-bond acceptors (Lipinski definition) is 1. The zero-order valence-corrected chi connectivity index (χ0v) is 14.7. The molecule has 0 aliphatic carbocycles. The molecule has 1 heterocycles. The highest BCUT2D eigenvalue weighted by atomic mass is 19.4. The van der Waals surface area contributed by atoms with Crippen LogP contribution in [0.15, 0.2) is 54.6 Å². The zero-order valence-electron chi connectivity index (χ0n) is 14.7. The number of rotatable bonds is 3. The normalized spacial score (nSPS) is 12.0. The number of carbonyl (C=O) groups is 1. The average Bonchev–Trinajstić information content (AvgIpc) is 2.97. The van der Waals surface area contributed by atoms with Crippen LogP contribution in [0.3, 0.4) is 0 Å². The first-order valence-corrected chi connectivity index (χ1v) is 8.53. The van der Waals surface area contributed by atoms with Crippen molar-refractivity contribution in [2.24, 2.45) is 5.73 Å². The summed E-state index contributed by atoms with van der Waals surface area (Å²) < 4.78 is 69.6. The number of hydrogen-bond donors (Lipinski definition) is 1. The van der Waals surface area contributed by atoms with E-state index in [9.17, 15) is 26.7 Å². The van der Waals surface area contributed by atoms with Gasteiger partial charge in [-0.15, -0.1) is 0 Å². The van der Waals surface area contributed by atoms with E-state index in [0.29, 0.717) is 16.3 Å². The Kier molecular flexibility index (Phi) is 4.29. The molecule has 0 atom stereocenters. The number of alkyl halides is 3. The number of aromatic nitrogens is 1. The van der Waals surface area contributed by atoms with Crippen molar-refractivity contribution in [2.75, 3.05) is 0 Å². The number of nitrogens with zero attached hydrogens (tertiary/aromatic N) is 1. The molecule has 3 aromatic carbocycles. The molecule has 2 N–H and O–H groups in total. The van der Waals surface area contributed by atoms with Crippen LogP contribution in [0.4, 0.5) is 22.0 Å². The SMILES string of the molecule is NC(=O)c1cccc2c1c1ccc(C(F)(F)F)cc1n2Cc1c(F)cccc1F. The maximum absolute atomic E-state index is 14.2. The predicted octanol–water partition coefficient (Wildman–Crippen LogP) is 5.24. The fourth-order valence-corrected chi connectivity index (χ4v) is 3.54. The van der Waals surface area contributed by atoms with E-state index in [1.54, 1.807) is 6.07 Å². The molecule has 4 aromatic rings. The molecule has 148 valence electrons. The van der Waals surface area contributed by atoms with Crippen LogP contribution in [-0.2, 0) is 12.7 Å². The molecule has 0 saturated heterocycles. The summed E-state index contributed by atoms with van der Waals surface area (Å²) in [5, 5.41) is 0.666. The van der Waals surface area contributed by atoms with Gasteiger partial charge in [0.2, 0.25) is 5.91 Å². The van der Waals surface area contributed by atoms with Crippen molar-refractivity contribution in [3.8, 4) is 0 Å². The number of halogens is 5. The monoisotopic (exact) mass is 404 g/mol. The number of benzene rings is 3. The Morgan fingerprint density at radius 3 is 2.21 bits per heavy atom. The minimum atomic E-state index is -4.61. The van der Waals surface area contributed by atoms with Crippen molar-refractivity contribution in [1.29, 1.82) is 0 Å². The maximum Gasteiger partial charge on any atom is 0.416 e. The molecule has 0 radical (unpaired) electrons. The summed E-state index contributed by atoms with van der Waals surface area (Å²) in [6.07, 6.45) is -4.61. The lowest BCUT2D eigenvalue weighted by Crippen LogP contribution is -2.11. The van der Waals surface area contributed by atoms with Crippen LogP contribution < -0.4 is 5.73 Å². The van der Waals surface area contributed by atoms with Gasteiger partial charge in [-0.2, -0.15) is 13.2 Å². The molecule has 0 fully saturated rings. The van der Waals surface area contributed by atoms with Gasteiger partial charge in [0.05, 0.1) is 23.1 Å². The highest BCUT2D eigenvalue weighted by Gasteiger charge is 2.31. The fraction of sp³-hybridized carbons (Fsp3) is 0.0952. The van der Waals surface area contributed by atoms with Crippen molar-refractivity contribution < 1.29 is 26.7 Å². The molecule has 0 aliphatic heterocycles. The first-order chi connectivity index (χ1) is 13.7. The van der Waals surface area contributed by atoms with Gasteiger partial charge < -0.3 is 10.3 Å². The van der Waals surface area contributed by atoms with Gasteiger partial charge >= 0.3 is 6.18 Å². The van der Waals surface area contributed by atoms with E-state index in [1.807, 2.05) is 0 Å². The Hall–Kier alpha value is -3.42. The largest absolute Gasteiger partial charge is 0.416 e. The molecule has 1 amide bonds. The molecule has 0 bridgehead atoms. The molecular weight excluding hydrogens is 391 g/mol. The second kappa shape index (κ2) is 6.58. The van der Waals surface area contributed by atoms with Gasteiger partial charge in [0.25, 0.3) is 0 Å². The third-order valence-electron chi connectivity index (χ3n) is 4.86. The summed E-state index contributed by atoms with van der Waals surface area (Å²) >= 11 is 0. The van der Waals surface area contributed by atoms with E-state index >= 15 is 0 Å². The van der Waals surface area contributed by atoms with Crippen LogP contribution in [0.2, 0.25) is 0 Å². The standard InChI is InChI=1S/C21H13F5N2O/c22-15-4-2-5-16(23)14(15)10-28-17-6-1-3-13(20(27)29)19(17)12-8-7-11(9-18(12)28)21(24,25)26/h1-9H,10H2,(H2,27,29). The van der Waals surface area contributed by atoms with Gasteiger partial charge in [-0.1, -0.05) is 18.2 Å². The molecule has 4 rings (SSSR count). The van der Waals surface area contributed by atoms with E-state index < -0.39 is 29.3 Å². The van der Waals surface area contributed by atoms with Gasteiger partial charge in [-0.05, 0) is 36.4 Å². The Morgan fingerprint density at radius 2 is 1.59 bits per heavy atom. The number of amides is 1. The van der Waals surface area contributed by atoms with E-state index in [-0.39, 0.29) is 23.2 Å². The van der Waals surface area contributed by atoms with E-state index in [0.717, 1.165) is 24.3 Å². The van der Waals surface area contributed by atoms with Crippen LogP contribution in [-0.4, -0.2) is 10.5 Å². The highest BCUT2D eigenvalue weighted by Crippen LogP contribution is 2.37. The molecule has 0 saturated carbocycles. The van der Waals surface area contributed by atoms with Gasteiger partial charge in [-0.3, -0.25) is 4.79 Å². The third-order valence-corrected chi connectivity index (χ3v) is 4.86. The summed E-state index contributed by atoms with van der Waals surface area (Å²) in [7, 11) is 0. The molecule has 0 spiro atoms. The molecule has 3 nitrogen and oxygen atoms in total. The lowest BCUT2D eigenvalue weighted by Gasteiger charge is -2.11. The second-order valence-corrected chi connectivity index (χ2v) is 6.58. The van der Waals surface area contributed by atoms with Crippen molar-refractivity contribution in [3.63, 3.8) is 0 Å². The summed E-state index contributed by atoms with van der Waals surface area (Å²) in [6, 6.07) is 10.9. The van der Waals surface area contributed by atoms with E-state index in [2.05, 4.69) is 0 Å². The summed E-state index contributed by atoms with van der Waals surface area (Å²) in [4.78, 5) is 11.9. The van der Waals surface area contributed by atoms with Gasteiger partial charge in [0, 0.05) is 21.9 Å². The first kappa shape index (κ1) is 18.9. The Balaban J connectivity index is 2.09. The second-order valence-electron chi connectivity index (χ2n) is 6.58. The molecule has 1 aromatic heterocycles. The highest BCUT2D eigenvalue weighted by molar-refractivity contribution is 6.18. The summed E-state index contributed by atoms with van der Waals surface area (Å²) in [6.45, 7) is -0.359. The number of primary amides is 1. The fourth-order valence-electron chi connectivity index (χ4n) is 3.54. The van der Waals surface area contributed by atoms with Crippen molar-refractivity contribution in [2.45, 2.75) is 12.7 Å². The minimum Gasteiger partial charge on any atom is -0.366 e. The molecule has 29 heavy (non-hydrogen) atoms. The first-order valence-electron chi connectivity index (χ1n) is 8.53. The lowest BCUT2D eigenvalue weighted by atomic mass is 10.0. The van der Waals surface area contributed by atoms with Crippen LogP contribution in [0, 0.1) is 11.6 Å². The smallest absolute Gasteiger partial charge is 0.366 e. The predicted molar refractivity (Wildman–Crippen MR) is 98.4 cm³/mol. The zero-order chi connectivity index (χ0) is 20.9. The molecular formula is C21H13F5N2O. The number of carbonyl (C=O) groups excluding carboxylic acids is 1. The molecule has 0 aliphatic rings. The lowest BCUT2D eigenvalue weighted by molar-refractivity contribution is -0.137. The maximum atomic E-state index is 14.2. The average molecular weight is 404 g/mol. The molecule has 0 unspecified atom stereocenters. The minimum absolute atomic E-state index is 0.0891.